The number of hydrogen-bond acceptors (Lipinski definition) is 2. The Balaban J connectivity index is 1.63. The van der Waals surface area contributed by atoms with Gasteiger partial charge in [-0.25, -0.2) is 4.39 Å². The van der Waals surface area contributed by atoms with Crippen LogP contribution in [-0.2, 0) is 0 Å². The van der Waals surface area contributed by atoms with Crippen molar-refractivity contribution < 1.29 is 4.39 Å². The van der Waals surface area contributed by atoms with Crippen LogP contribution in [0.1, 0.15) is 39.0 Å². The largest absolute Gasteiger partial charge is 0.302 e. The van der Waals surface area contributed by atoms with Crippen LogP contribution in [0, 0.1) is 5.41 Å². The number of halogens is 1. The Morgan fingerprint density at radius 2 is 1.88 bits per heavy atom. The molecule has 1 saturated carbocycles. The maximum atomic E-state index is 13.2. The summed E-state index contributed by atoms with van der Waals surface area (Å²) in [5.41, 5.74) is 0.582. The molecule has 1 spiro atoms. The molecule has 2 saturated heterocycles. The van der Waals surface area contributed by atoms with Crippen molar-refractivity contribution in [3.8, 4) is 0 Å². The summed E-state index contributed by atoms with van der Waals surface area (Å²) in [6.45, 7) is 8.04. The van der Waals surface area contributed by atoms with Gasteiger partial charge in [0.25, 0.3) is 0 Å². The van der Waals surface area contributed by atoms with Gasteiger partial charge in [0, 0.05) is 37.6 Å². The van der Waals surface area contributed by atoms with Crippen LogP contribution >= 0.6 is 0 Å². The average Bonchev–Trinajstić information content (AvgIpc) is 2.72. The summed E-state index contributed by atoms with van der Waals surface area (Å²) >= 11 is 0. The zero-order chi connectivity index (χ0) is 11.9. The zero-order valence-electron chi connectivity index (χ0n) is 11.0. The molecule has 17 heavy (non-hydrogen) atoms. The van der Waals surface area contributed by atoms with Gasteiger partial charge >= 0.3 is 0 Å². The molecule has 0 radical (unpaired) electrons. The van der Waals surface area contributed by atoms with Crippen molar-refractivity contribution >= 4 is 0 Å². The quantitative estimate of drug-likeness (QED) is 0.731. The lowest BCUT2D eigenvalue weighted by Gasteiger charge is -2.54. The predicted octanol–water partition coefficient (Wildman–Crippen LogP) is 2.29. The molecule has 2 heterocycles. The molecule has 0 N–H and O–H groups in total. The summed E-state index contributed by atoms with van der Waals surface area (Å²) < 4.78 is 13.2. The van der Waals surface area contributed by atoms with E-state index in [9.17, 15) is 4.39 Å². The van der Waals surface area contributed by atoms with Crippen molar-refractivity contribution in [3.63, 3.8) is 0 Å². The first-order chi connectivity index (χ1) is 8.23. The van der Waals surface area contributed by atoms with Crippen molar-refractivity contribution in [2.75, 3.05) is 32.7 Å². The number of rotatable bonds is 2. The first-order valence-corrected chi connectivity index (χ1v) is 7.34. The molecular weight excluding hydrogens is 215 g/mol. The lowest BCUT2D eigenvalue weighted by Crippen LogP contribution is -2.63. The molecule has 0 aromatic heterocycles. The summed E-state index contributed by atoms with van der Waals surface area (Å²) in [5, 5.41) is 0. The molecule has 0 aromatic carbocycles. The fourth-order valence-electron chi connectivity index (χ4n) is 4.31. The van der Waals surface area contributed by atoms with Crippen molar-refractivity contribution in [3.05, 3.63) is 0 Å². The molecule has 1 aliphatic carbocycles. The number of piperidine rings is 1. The summed E-state index contributed by atoms with van der Waals surface area (Å²) in [6, 6.07) is 0.762. The molecule has 2 nitrogen and oxygen atoms in total. The second-order valence-corrected chi connectivity index (χ2v) is 6.28. The fourth-order valence-corrected chi connectivity index (χ4v) is 4.31. The van der Waals surface area contributed by atoms with Crippen LogP contribution in [0.2, 0.25) is 0 Å². The van der Waals surface area contributed by atoms with E-state index >= 15 is 0 Å². The molecule has 98 valence electrons. The molecule has 3 heteroatoms. The molecule has 1 unspecified atom stereocenters. The van der Waals surface area contributed by atoms with Crippen LogP contribution in [0.15, 0.2) is 0 Å². The molecule has 0 bridgehead atoms. The highest BCUT2D eigenvalue weighted by Gasteiger charge is 2.52. The van der Waals surface area contributed by atoms with E-state index in [1.807, 2.05) is 0 Å². The van der Waals surface area contributed by atoms with Gasteiger partial charge in [0.05, 0.1) is 0 Å². The number of hydrogen-bond donors (Lipinski definition) is 0. The lowest BCUT2D eigenvalue weighted by atomic mass is 9.74. The topological polar surface area (TPSA) is 6.48 Å². The fraction of sp³-hybridized carbons (Fsp3) is 1.00. The van der Waals surface area contributed by atoms with Crippen LogP contribution in [0.5, 0.6) is 0 Å². The molecule has 0 aromatic rings. The minimum absolute atomic E-state index is 0.530. The van der Waals surface area contributed by atoms with Crippen molar-refractivity contribution in [2.45, 2.75) is 51.2 Å². The normalized spacial score (nSPS) is 35.3. The SMILES string of the molecule is CCN1CC2(CCCC2N2CCC(F)CC2)C1. The van der Waals surface area contributed by atoms with Crippen LogP contribution in [0.3, 0.4) is 0 Å². The van der Waals surface area contributed by atoms with E-state index in [1.54, 1.807) is 0 Å². The number of alkyl halides is 1. The molecule has 3 fully saturated rings. The number of nitrogens with zero attached hydrogens (tertiary/aromatic N) is 2. The summed E-state index contributed by atoms with van der Waals surface area (Å²) in [4.78, 5) is 5.16. The van der Waals surface area contributed by atoms with Crippen LogP contribution in [-0.4, -0.2) is 54.7 Å². The Morgan fingerprint density at radius 1 is 1.18 bits per heavy atom. The second kappa shape index (κ2) is 4.51. The Kier molecular flexibility index (Phi) is 3.16. The van der Waals surface area contributed by atoms with Crippen LogP contribution in [0.25, 0.3) is 0 Å². The first kappa shape index (κ1) is 11.9. The summed E-state index contributed by atoms with van der Waals surface area (Å²) in [7, 11) is 0. The van der Waals surface area contributed by atoms with E-state index in [0.717, 1.165) is 32.0 Å². The summed E-state index contributed by atoms with van der Waals surface area (Å²) in [6.07, 6.45) is 5.15. The van der Waals surface area contributed by atoms with E-state index in [4.69, 9.17) is 0 Å². The second-order valence-electron chi connectivity index (χ2n) is 6.28. The Bertz CT molecular complexity index is 267. The van der Waals surface area contributed by atoms with Gasteiger partial charge in [0.2, 0.25) is 0 Å². The van der Waals surface area contributed by atoms with Crippen molar-refractivity contribution in [2.24, 2.45) is 5.41 Å². The van der Waals surface area contributed by atoms with Gasteiger partial charge in [-0.3, -0.25) is 4.90 Å². The van der Waals surface area contributed by atoms with Crippen molar-refractivity contribution in [1.82, 2.24) is 9.80 Å². The smallest absolute Gasteiger partial charge is 0.103 e. The highest BCUT2D eigenvalue weighted by molar-refractivity contribution is 5.07. The van der Waals surface area contributed by atoms with Gasteiger partial charge < -0.3 is 4.90 Å². The molecule has 3 rings (SSSR count). The lowest BCUT2D eigenvalue weighted by molar-refractivity contribution is -0.0576. The highest BCUT2D eigenvalue weighted by atomic mass is 19.1. The van der Waals surface area contributed by atoms with Gasteiger partial charge in [0.1, 0.15) is 6.17 Å². The van der Waals surface area contributed by atoms with Crippen molar-refractivity contribution in [1.29, 1.82) is 0 Å². The summed E-state index contributed by atoms with van der Waals surface area (Å²) in [5.74, 6) is 0. The molecule has 2 aliphatic heterocycles. The predicted molar refractivity (Wildman–Crippen MR) is 67.9 cm³/mol. The van der Waals surface area contributed by atoms with E-state index in [1.165, 1.54) is 38.9 Å². The third-order valence-electron chi connectivity index (χ3n) is 5.28. The minimum atomic E-state index is -0.530. The average molecular weight is 240 g/mol. The third kappa shape index (κ3) is 2.01. The Morgan fingerprint density at radius 3 is 2.53 bits per heavy atom. The third-order valence-corrected chi connectivity index (χ3v) is 5.28. The molecular formula is C14H25FN2. The standard InChI is InChI=1S/C14H25FN2/c1-2-16-10-14(11-16)7-3-4-13(14)17-8-5-12(15)6-9-17/h12-13H,2-11H2,1H3. The minimum Gasteiger partial charge on any atom is -0.302 e. The van der Waals surface area contributed by atoms with Gasteiger partial charge in [0.15, 0.2) is 0 Å². The molecule has 1 atom stereocenters. The zero-order valence-corrected chi connectivity index (χ0v) is 11.0. The van der Waals surface area contributed by atoms with E-state index in [2.05, 4.69) is 16.7 Å². The Labute approximate surface area is 104 Å². The van der Waals surface area contributed by atoms with Crippen LogP contribution < -0.4 is 0 Å². The Hall–Kier alpha value is -0.150. The van der Waals surface area contributed by atoms with E-state index < -0.39 is 6.17 Å². The van der Waals surface area contributed by atoms with E-state index in [-0.39, 0.29) is 0 Å². The highest BCUT2D eigenvalue weighted by Crippen LogP contribution is 2.48. The molecule has 0 amide bonds. The first-order valence-electron chi connectivity index (χ1n) is 7.34. The van der Waals surface area contributed by atoms with Gasteiger partial charge in [-0.15, -0.1) is 0 Å². The van der Waals surface area contributed by atoms with E-state index in [0.29, 0.717) is 5.41 Å². The number of likely N-dealkylation sites (tertiary alicyclic amines) is 2. The van der Waals surface area contributed by atoms with Gasteiger partial charge in [-0.05, 0) is 32.2 Å². The monoisotopic (exact) mass is 240 g/mol. The van der Waals surface area contributed by atoms with Gasteiger partial charge in [-0.2, -0.15) is 0 Å². The maximum absolute atomic E-state index is 13.2. The maximum Gasteiger partial charge on any atom is 0.103 e. The molecule has 3 aliphatic rings. The van der Waals surface area contributed by atoms with Gasteiger partial charge in [-0.1, -0.05) is 13.3 Å². The van der Waals surface area contributed by atoms with Crippen LogP contribution in [0.4, 0.5) is 4.39 Å².